The molecule has 0 aliphatic heterocycles. The molecule has 0 heterocycles. The molecule has 3 unspecified atom stereocenters. The van der Waals surface area contributed by atoms with Crippen LogP contribution >= 0.6 is 0 Å². The molecule has 0 amide bonds. The second-order valence-corrected chi connectivity index (χ2v) is 7.18. The molecule has 0 spiro atoms. The smallest absolute Gasteiger partial charge is 0.303 e. The van der Waals surface area contributed by atoms with Gasteiger partial charge in [-0.3, -0.25) is 9.59 Å². The summed E-state index contributed by atoms with van der Waals surface area (Å²) >= 11 is 0. The van der Waals surface area contributed by atoms with Crippen LogP contribution < -0.4 is 0 Å². The van der Waals surface area contributed by atoms with Gasteiger partial charge in [-0.1, -0.05) is 62.6 Å². The van der Waals surface area contributed by atoms with E-state index in [-0.39, 0.29) is 30.5 Å². The van der Waals surface area contributed by atoms with E-state index in [0.717, 1.165) is 37.7 Å². The average molecular weight is 358 g/mol. The molecule has 1 aromatic rings. The van der Waals surface area contributed by atoms with Crippen molar-refractivity contribution in [1.29, 1.82) is 0 Å². The fourth-order valence-corrected chi connectivity index (χ4v) is 3.82. The first kappa shape index (κ1) is 20.4. The lowest BCUT2D eigenvalue weighted by molar-refractivity contribution is -0.137. The molecule has 2 N–H and O–H groups in total. The Morgan fingerprint density at radius 2 is 1.92 bits per heavy atom. The van der Waals surface area contributed by atoms with Crippen molar-refractivity contribution in [2.45, 2.75) is 64.4 Å². The summed E-state index contributed by atoms with van der Waals surface area (Å²) in [6, 6.07) is 8.20. The highest BCUT2D eigenvalue weighted by molar-refractivity contribution is 5.85. The first-order valence-corrected chi connectivity index (χ1v) is 9.71. The van der Waals surface area contributed by atoms with Gasteiger partial charge >= 0.3 is 5.97 Å². The van der Waals surface area contributed by atoms with Crippen LogP contribution in [0.25, 0.3) is 6.08 Å². The van der Waals surface area contributed by atoms with E-state index in [9.17, 15) is 14.7 Å². The number of carboxylic acid groups (broad SMARTS) is 1. The number of carboxylic acids is 1. The lowest BCUT2D eigenvalue weighted by Gasteiger charge is -2.17. The summed E-state index contributed by atoms with van der Waals surface area (Å²) in [5, 5.41) is 19.0. The van der Waals surface area contributed by atoms with Crippen LogP contribution in [-0.2, 0) is 16.0 Å². The molecule has 2 rings (SSSR count). The van der Waals surface area contributed by atoms with Crippen molar-refractivity contribution in [2.24, 2.45) is 11.8 Å². The van der Waals surface area contributed by atoms with Gasteiger partial charge in [0.25, 0.3) is 0 Å². The Morgan fingerprint density at radius 3 is 2.65 bits per heavy atom. The summed E-state index contributed by atoms with van der Waals surface area (Å²) in [4.78, 5) is 22.8. The van der Waals surface area contributed by atoms with Gasteiger partial charge in [-0.05, 0) is 30.4 Å². The fraction of sp³-hybridized carbons (Fsp3) is 0.545. The maximum Gasteiger partial charge on any atom is 0.303 e. The molecule has 0 radical (unpaired) electrons. The molecule has 1 aromatic carbocycles. The summed E-state index contributed by atoms with van der Waals surface area (Å²) in [6.07, 6.45) is 9.04. The average Bonchev–Trinajstić information content (AvgIpc) is 2.89. The van der Waals surface area contributed by atoms with E-state index in [1.165, 1.54) is 5.56 Å². The Hall–Kier alpha value is -1.94. The molecule has 4 nitrogen and oxygen atoms in total. The van der Waals surface area contributed by atoms with Crippen molar-refractivity contribution in [3.8, 4) is 0 Å². The number of carbonyl (C=O) groups is 2. The lowest BCUT2D eigenvalue weighted by Crippen LogP contribution is -2.18. The largest absolute Gasteiger partial charge is 0.481 e. The zero-order chi connectivity index (χ0) is 18.9. The van der Waals surface area contributed by atoms with E-state index in [1.54, 1.807) is 0 Å². The molecule has 142 valence electrons. The minimum atomic E-state index is -0.753. The van der Waals surface area contributed by atoms with Crippen molar-refractivity contribution in [2.75, 3.05) is 0 Å². The fourth-order valence-electron chi connectivity index (χ4n) is 3.82. The Balaban J connectivity index is 1.91. The Bertz CT molecular complexity index is 635. The Kier molecular flexibility index (Phi) is 8.05. The SMILES string of the molecule is CCc1ccccc1C=CC1C(O)CC(=O)C1CCCCCCC(=O)O. The predicted molar refractivity (Wildman–Crippen MR) is 103 cm³/mol. The highest BCUT2D eigenvalue weighted by Crippen LogP contribution is 2.35. The summed E-state index contributed by atoms with van der Waals surface area (Å²) in [7, 11) is 0. The highest BCUT2D eigenvalue weighted by atomic mass is 16.4. The molecule has 1 fully saturated rings. The molecule has 0 bridgehead atoms. The van der Waals surface area contributed by atoms with Crippen molar-refractivity contribution in [3.05, 3.63) is 41.5 Å². The molecule has 3 atom stereocenters. The highest BCUT2D eigenvalue weighted by Gasteiger charge is 2.39. The van der Waals surface area contributed by atoms with Gasteiger partial charge < -0.3 is 10.2 Å². The zero-order valence-corrected chi connectivity index (χ0v) is 15.6. The number of ketones is 1. The second kappa shape index (κ2) is 10.3. The van der Waals surface area contributed by atoms with E-state index in [2.05, 4.69) is 19.1 Å². The van der Waals surface area contributed by atoms with Gasteiger partial charge in [-0.2, -0.15) is 0 Å². The third-order valence-electron chi connectivity index (χ3n) is 5.32. The number of Topliss-reactive ketones (excluding diaryl/α,β-unsaturated/α-hetero) is 1. The third-order valence-corrected chi connectivity index (χ3v) is 5.32. The van der Waals surface area contributed by atoms with Gasteiger partial charge in [-0.25, -0.2) is 0 Å². The molecule has 0 aromatic heterocycles. The van der Waals surface area contributed by atoms with Gasteiger partial charge in [0, 0.05) is 24.7 Å². The number of aliphatic hydroxyl groups is 1. The first-order chi connectivity index (χ1) is 12.5. The predicted octanol–water partition coefficient (Wildman–Crippen LogP) is 4.25. The second-order valence-electron chi connectivity index (χ2n) is 7.18. The minimum Gasteiger partial charge on any atom is -0.481 e. The van der Waals surface area contributed by atoms with Crippen molar-refractivity contribution in [1.82, 2.24) is 0 Å². The number of rotatable bonds is 10. The molecule has 4 heteroatoms. The van der Waals surface area contributed by atoms with Crippen LogP contribution in [0.2, 0.25) is 0 Å². The number of aliphatic hydroxyl groups excluding tert-OH is 1. The van der Waals surface area contributed by atoms with Crippen LogP contribution in [0.1, 0.15) is 63.0 Å². The standard InChI is InChI=1S/C22H30O4/c1-2-16-9-7-8-10-17(16)13-14-19-18(20(23)15-21(19)24)11-5-3-4-6-12-22(25)26/h7-10,13-14,18-19,21,24H,2-6,11-12,15H2,1H3,(H,25,26). The van der Waals surface area contributed by atoms with Gasteiger partial charge in [0.15, 0.2) is 0 Å². The van der Waals surface area contributed by atoms with Gasteiger partial charge in [0.2, 0.25) is 0 Å². The zero-order valence-electron chi connectivity index (χ0n) is 15.6. The number of aryl methyl sites for hydroxylation is 1. The van der Waals surface area contributed by atoms with Crippen molar-refractivity contribution < 1.29 is 19.8 Å². The van der Waals surface area contributed by atoms with E-state index in [1.807, 2.05) is 24.3 Å². The van der Waals surface area contributed by atoms with Crippen LogP contribution in [0, 0.1) is 11.8 Å². The Morgan fingerprint density at radius 1 is 1.19 bits per heavy atom. The van der Waals surface area contributed by atoms with E-state index in [4.69, 9.17) is 5.11 Å². The number of hydrogen-bond acceptors (Lipinski definition) is 3. The van der Waals surface area contributed by atoms with Crippen molar-refractivity contribution in [3.63, 3.8) is 0 Å². The van der Waals surface area contributed by atoms with Crippen LogP contribution in [0.4, 0.5) is 0 Å². The number of benzene rings is 1. The summed E-state index contributed by atoms with van der Waals surface area (Å²) < 4.78 is 0. The van der Waals surface area contributed by atoms with E-state index in [0.29, 0.717) is 6.42 Å². The molecular formula is C22H30O4. The molecular weight excluding hydrogens is 328 g/mol. The first-order valence-electron chi connectivity index (χ1n) is 9.71. The Labute approximate surface area is 155 Å². The molecule has 26 heavy (non-hydrogen) atoms. The summed E-state index contributed by atoms with van der Waals surface area (Å²) in [5.74, 6) is -0.834. The summed E-state index contributed by atoms with van der Waals surface area (Å²) in [5.41, 5.74) is 2.41. The normalized spacial score (nSPS) is 23.0. The monoisotopic (exact) mass is 358 g/mol. The summed E-state index contributed by atoms with van der Waals surface area (Å²) in [6.45, 7) is 2.12. The van der Waals surface area contributed by atoms with E-state index < -0.39 is 12.1 Å². The number of unbranched alkanes of at least 4 members (excludes halogenated alkanes) is 3. The van der Waals surface area contributed by atoms with Gasteiger partial charge in [-0.15, -0.1) is 0 Å². The molecule has 0 saturated heterocycles. The van der Waals surface area contributed by atoms with Gasteiger partial charge in [0.1, 0.15) is 5.78 Å². The lowest BCUT2D eigenvalue weighted by atomic mass is 9.88. The number of aliphatic carboxylic acids is 1. The number of hydrogen-bond donors (Lipinski definition) is 2. The quantitative estimate of drug-likeness (QED) is 0.613. The third kappa shape index (κ3) is 5.80. The van der Waals surface area contributed by atoms with Crippen LogP contribution in [0.5, 0.6) is 0 Å². The van der Waals surface area contributed by atoms with Crippen LogP contribution in [-0.4, -0.2) is 28.1 Å². The molecule has 1 aliphatic rings. The topological polar surface area (TPSA) is 74.6 Å². The van der Waals surface area contributed by atoms with Crippen LogP contribution in [0.15, 0.2) is 30.3 Å². The number of carbonyl (C=O) groups excluding carboxylic acids is 1. The maximum absolute atomic E-state index is 12.3. The van der Waals surface area contributed by atoms with Crippen molar-refractivity contribution >= 4 is 17.8 Å². The van der Waals surface area contributed by atoms with E-state index >= 15 is 0 Å². The van der Waals surface area contributed by atoms with Gasteiger partial charge in [0.05, 0.1) is 6.10 Å². The maximum atomic E-state index is 12.3. The molecule has 1 aliphatic carbocycles. The van der Waals surface area contributed by atoms with Crippen LogP contribution in [0.3, 0.4) is 0 Å². The minimum absolute atomic E-state index is 0.116. The molecule has 1 saturated carbocycles.